The van der Waals surface area contributed by atoms with Gasteiger partial charge in [0.15, 0.2) is 0 Å². The van der Waals surface area contributed by atoms with E-state index in [1.165, 1.54) is 18.6 Å². The highest BCUT2D eigenvalue weighted by atomic mass is 19.3. The fourth-order valence-corrected chi connectivity index (χ4v) is 2.68. The van der Waals surface area contributed by atoms with Gasteiger partial charge in [0.25, 0.3) is 6.43 Å². The summed E-state index contributed by atoms with van der Waals surface area (Å²) < 4.78 is 24.6. The fourth-order valence-electron chi connectivity index (χ4n) is 2.68. The van der Waals surface area contributed by atoms with Gasteiger partial charge in [-0.1, -0.05) is 0 Å². The first-order valence-electron chi connectivity index (χ1n) is 8.00. The molecule has 1 saturated heterocycles. The normalized spacial score (nSPS) is 20.4. The Morgan fingerprint density at radius 2 is 2.27 bits per heavy atom. The quantitative estimate of drug-likeness (QED) is 0.568. The third kappa shape index (κ3) is 3.92. The molecule has 0 saturated carbocycles. The van der Waals surface area contributed by atoms with E-state index in [2.05, 4.69) is 19.9 Å². The fraction of sp³-hybridized carbons (Fsp3) is 0.375. The van der Waals surface area contributed by atoms with Crippen molar-refractivity contribution in [2.24, 2.45) is 5.73 Å². The van der Waals surface area contributed by atoms with E-state index in [1.54, 1.807) is 6.07 Å². The van der Waals surface area contributed by atoms with Gasteiger partial charge in [-0.05, 0) is 18.6 Å². The Morgan fingerprint density at radius 3 is 2.96 bits per heavy atom. The second-order valence-electron chi connectivity index (χ2n) is 6.13. The summed E-state index contributed by atoms with van der Waals surface area (Å²) in [5, 5.41) is 17.4. The third-order valence-corrected chi connectivity index (χ3v) is 4.22. The number of aromatic nitrogens is 4. The predicted octanol–water partition coefficient (Wildman–Crippen LogP) is 1.06. The van der Waals surface area contributed by atoms with E-state index in [9.17, 15) is 13.9 Å². The van der Waals surface area contributed by atoms with Gasteiger partial charge in [-0.25, -0.2) is 23.7 Å². The van der Waals surface area contributed by atoms with Crippen LogP contribution in [0.4, 0.5) is 14.6 Å². The van der Waals surface area contributed by atoms with E-state index in [0.717, 1.165) is 6.08 Å². The SMILES string of the molecule is N=C(/C=C\c1ncc(-c2cc(N3CCC(O)(CN)C3)ncn2)[nH]1)C(F)F. The van der Waals surface area contributed by atoms with Gasteiger partial charge in [-0.3, -0.25) is 5.41 Å². The Hall–Kier alpha value is -2.72. The number of β-amino-alcohol motifs (C(OH)–C–C–N with tert-alkyl or cyclic N) is 1. The van der Waals surface area contributed by atoms with Crippen molar-refractivity contribution in [2.75, 3.05) is 24.5 Å². The first kappa shape index (κ1) is 18.1. The van der Waals surface area contributed by atoms with Crippen LogP contribution < -0.4 is 10.6 Å². The maximum atomic E-state index is 12.3. The number of allylic oxidation sites excluding steroid dienone is 1. The molecule has 0 bridgehead atoms. The molecular formula is C16H19F2N7O. The standard InChI is InChI=1S/C16H19F2N7O/c17-15(18)10(20)1-2-13-21-6-12(24-13)11-5-14(23-9-22-11)25-4-3-16(26,7-19)8-25/h1-2,5-6,9,15,20,26H,3-4,7-8,19H2,(H,21,24)/b2-1-,20-10?. The van der Waals surface area contributed by atoms with Gasteiger partial charge in [0.05, 0.1) is 28.9 Å². The van der Waals surface area contributed by atoms with Crippen LogP contribution >= 0.6 is 0 Å². The number of H-pyrrole nitrogens is 1. The van der Waals surface area contributed by atoms with Crippen LogP contribution in [0.1, 0.15) is 12.2 Å². The molecule has 2 aromatic heterocycles. The molecule has 138 valence electrons. The number of aromatic amines is 1. The highest BCUT2D eigenvalue weighted by Gasteiger charge is 2.35. The first-order valence-corrected chi connectivity index (χ1v) is 8.00. The van der Waals surface area contributed by atoms with Gasteiger partial charge in [-0.15, -0.1) is 0 Å². The number of aliphatic hydroxyl groups is 1. The van der Waals surface area contributed by atoms with Crippen LogP contribution in [0.25, 0.3) is 17.5 Å². The minimum atomic E-state index is -2.82. The average Bonchev–Trinajstić information content (AvgIpc) is 3.27. The Morgan fingerprint density at radius 1 is 1.46 bits per heavy atom. The zero-order chi connectivity index (χ0) is 18.7. The van der Waals surface area contributed by atoms with Crippen molar-refractivity contribution < 1.29 is 13.9 Å². The van der Waals surface area contributed by atoms with Crippen LogP contribution in [0.3, 0.4) is 0 Å². The van der Waals surface area contributed by atoms with Crippen LogP contribution in [-0.4, -0.2) is 62.4 Å². The zero-order valence-corrected chi connectivity index (χ0v) is 13.9. The molecular weight excluding hydrogens is 344 g/mol. The number of rotatable bonds is 6. The van der Waals surface area contributed by atoms with E-state index in [1.807, 2.05) is 4.90 Å². The number of nitrogens with zero attached hydrogens (tertiary/aromatic N) is 4. The number of hydrogen-bond donors (Lipinski definition) is 4. The van der Waals surface area contributed by atoms with Crippen LogP contribution in [0.15, 0.2) is 24.7 Å². The molecule has 0 aliphatic carbocycles. The van der Waals surface area contributed by atoms with Crippen LogP contribution in [0, 0.1) is 5.41 Å². The summed E-state index contributed by atoms with van der Waals surface area (Å²) in [6.07, 6.45) is 2.99. The molecule has 1 unspecified atom stereocenters. The van der Waals surface area contributed by atoms with Crippen molar-refractivity contribution in [1.29, 1.82) is 5.41 Å². The minimum Gasteiger partial charge on any atom is -0.387 e. The number of anilines is 1. The Balaban J connectivity index is 1.76. The summed E-state index contributed by atoms with van der Waals surface area (Å²) in [7, 11) is 0. The molecule has 0 spiro atoms. The number of halogens is 2. The molecule has 5 N–H and O–H groups in total. The molecule has 1 aliphatic rings. The van der Waals surface area contributed by atoms with Gasteiger partial charge < -0.3 is 20.7 Å². The summed E-state index contributed by atoms with van der Waals surface area (Å²) in [5.74, 6) is 0.995. The van der Waals surface area contributed by atoms with Gasteiger partial charge in [0, 0.05) is 25.7 Å². The van der Waals surface area contributed by atoms with E-state index < -0.39 is 17.7 Å². The maximum absolute atomic E-state index is 12.3. The highest BCUT2D eigenvalue weighted by Crippen LogP contribution is 2.26. The van der Waals surface area contributed by atoms with E-state index in [4.69, 9.17) is 11.1 Å². The second kappa shape index (κ2) is 7.26. The summed E-state index contributed by atoms with van der Waals surface area (Å²) in [6.45, 7) is 1.22. The van der Waals surface area contributed by atoms with E-state index in [-0.39, 0.29) is 6.54 Å². The average molecular weight is 363 g/mol. The van der Waals surface area contributed by atoms with Crippen molar-refractivity contribution in [3.63, 3.8) is 0 Å². The Labute approximate surface area is 148 Å². The largest absolute Gasteiger partial charge is 0.387 e. The van der Waals surface area contributed by atoms with E-state index >= 15 is 0 Å². The van der Waals surface area contributed by atoms with E-state index in [0.29, 0.717) is 42.5 Å². The number of hydrogen-bond acceptors (Lipinski definition) is 7. The van der Waals surface area contributed by atoms with Gasteiger partial charge >= 0.3 is 0 Å². The Kier molecular flexibility index (Phi) is 5.05. The molecule has 26 heavy (non-hydrogen) atoms. The number of imidazole rings is 1. The molecule has 2 aromatic rings. The van der Waals surface area contributed by atoms with Crippen LogP contribution in [0.5, 0.6) is 0 Å². The monoisotopic (exact) mass is 363 g/mol. The highest BCUT2D eigenvalue weighted by molar-refractivity contribution is 5.97. The zero-order valence-electron chi connectivity index (χ0n) is 13.9. The van der Waals surface area contributed by atoms with Crippen molar-refractivity contribution in [1.82, 2.24) is 19.9 Å². The van der Waals surface area contributed by atoms with Crippen LogP contribution in [-0.2, 0) is 0 Å². The molecule has 10 heteroatoms. The molecule has 1 aliphatic heterocycles. The second-order valence-corrected chi connectivity index (χ2v) is 6.13. The van der Waals surface area contributed by atoms with Crippen LogP contribution in [0.2, 0.25) is 0 Å². The van der Waals surface area contributed by atoms with Gasteiger partial charge in [-0.2, -0.15) is 0 Å². The summed E-state index contributed by atoms with van der Waals surface area (Å²) in [5.41, 5.74) is 5.08. The summed E-state index contributed by atoms with van der Waals surface area (Å²) in [6, 6.07) is 1.75. The molecule has 1 atom stereocenters. The van der Waals surface area contributed by atoms with Gasteiger partial charge in [0.1, 0.15) is 18.0 Å². The molecule has 3 rings (SSSR count). The maximum Gasteiger partial charge on any atom is 0.279 e. The van der Waals surface area contributed by atoms with Crippen molar-refractivity contribution in [2.45, 2.75) is 18.4 Å². The molecule has 8 nitrogen and oxygen atoms in total. The third-order valence-electron chi connectivity index (χ3n) is 4.22. The lowest BCUT2D eigenvalue weighted by Crippen LogP contribution is -2.40. The molecule has 3 heterocycles. The lowest BCUT2D eigenvalue weighted by Gasteiger charge is -2.22. The van der Waals surface area contributed by atoms with Crippen molar-refractivity contribution >= 4 is 17.6 Å². The summed E-state index contributed by atoms with van der Waals surface area (Å²) in [4.78, 5) is 17.4. The predicted molar refractivity (Wildman–Crippen MR) is 93.2 cm³/mol. The number of alkyl halides is 2. The van der Waals surface area contributed by atoms with Gasteiger partial charge in [0.2, 0.25) is 0 Å². The number of nitrogens with two attached hydrogens (primary N) is 1. The molecule has 0 radical (unpaired) electrons. The molecule has 0 aromatic carbocycles. The lowest BCUT2D eigenvalue weighted by atomic mass is 10.0. The molecule has 0 amide bonds. The topological polar surface area (TPSA) is 128 Å². The number of nitrogens with one attached hydrogen (secondary N) is 2. The lowest BCUT2D eigenvalue weighted by molar-refractivity contribution is 0.0725. The Bertz CT molecular complexity index is 822. The minimum absolute atomic E-state index is 0.186. The molecule has 1 fully saturated rings. The van der Waals surface area contributed by atoms with Crippen molar-refractivity contribution in [3.05, 3.63) is 30.5 Å². The van der Waals surface area contributed by atoms with Crippen molar-refractivity contribution in [3.8, 4) is 11.4 Å². The smallest absolute Gasteiger partial charge is 0.279 e. The first-order chi connectivity index (χ1) is 12.4. The summed E-state index contributed by atoms with van der Waals surface area (Å²) >= 11 is 0.